The number of methoxy groups -OCH3 is 2. The highest BCUT2D eigenvalue weighted by Gasteiger charge is 2.11. The van der Waals surface area contributed by atoms with Gasteiger partial charge in [0.2, 0.25) is 0 Å². The number of hydrogen-bond acceptors (Lipinski definition) is 4. The van der Waals surface area contributed by atoms with E-state index in [4.69, 9.17) is 15.2 Å². The van der Waals surface area contributed by atoms with Crippen LogP contribution in [0.25, 0.3) is 0 Å². The molecular formula is C12H17NO3. The van der Waals surface area contributed by atoms with E-state index in [0.29, 0.717) is 18.6 Å². The second-order valence-electron chi connectivity index (χ2n) is 3.57. The van der Waals surface area contributed by atoms with Crippen LogP contribution in [-0.4, -0.2) is 32.7 Å². The van der Waals surface area contributed by atoms with Gasteiger partial charge in [-0.15, -0.1) is 0 Å². The lowest BCUT2D eigenvalue weighted by molar-refractivity contribution is 0.0949. The van der Waals surface area contributed by atoms with Gasteiger partial charge in [0.25, 0.3) is 0 Å². The Labute approximate surface area is 95.3 Å². The standard InChI is InChI=1S/C12H17NO3/c1-15-8-10(13)7-12(14)9-3-5-11(16-2)6-4-9/h3-6,10H,7-8,13H2,1-2H3. The summed E-state index contributed by atoms with van der Waals surface area (Å²) >= 11 is 0. The summed E-state index contributed by atoms with van der Waals surface area (Å²) in [4.78, 5) is 11.8. The van der Waals surface area contributed by atoms with E-state index in [1.807, 2.05) is 0 Å². The Hall–Kier alpha value is -1.39. The first-order valence-corrected chi connectivity index (χ1v) is 5.09. The summed E-state index contributed by atoms with van der Waals surface area (Å²) in [6, 6.07) is 6.74. The van der Waals surface area contributed by atoms with Crippen molar-refractivity contribution in [1.82, 2.24) is 0 Å². The second kappa shape index (κ2) is 6.25. The van der Waals surface area contributed by atoms with Crippen LogP contribution in [0.1, 0.15) is 16.8 Å². The fourth-order valence-corrected chi connectivity index (χ4v) is 1.41. The molecule has 0 aliphatic carbocycles. The Bertz CT molecular complexity index is 335. The van der Waals surface area contributed by atoms with Crippen molar-refractivity contribution in [2.45, 2.75) is 12.5 Å². The summed E-state index contributed by atoms with van der Waals surface area (Å²) in [5, 5.41) is 0. The maximum atomic E-state index is 11.8. The zero-order valence-corrected chi connectivity index (χ0v) is 9.60. The molecule has 4 heteroatoms. The first-order valence-electron chi connectivity index (χ1n) is 5.09. The van der Waals surface area contributed by atoms with Crippen molar-refractivity contribution in [2.24, 2.45) is 5.73 Å². The van der Waals surface area contributed by atoms with Gasteiger partial charge in [0.15, 0.2) is 5.78 Å². The Morgan fingerprint density at radius 2 is 1.94 bits per heavy atom. The fraction of sp³-hybridized carbons (Fsp3) is 0.417. The average Bonchev–Trinajstić information content (AvgIpc) is 2.29. The minimum atomic E-state index is -0.250. The van der Waals surface area contributed by atoms with Gasteiger partial charge < -0.3 is 15.2 Å². The van der Waals surface area contributed by atoms with E-state index >= 15 is 0 Å². The summed E-state index contributed by atoms with van der Waals surface area (Å²) in [5.41, 5.74) is 6.35. The molecule has 0 saturated carbocycles. The van der Waals surface area contributed by atoms with Crippen molar-refractivity contribution in [3.8, 4) is 5.75 Å². The Balaban J connectivity index is 2.59. The van der Waals surface area contributed by atoms with E-state index in [0.717, 1.165) is 5.75 Å². The van der Waals surface area contributed by atoms with E-state index in [1.54, 1.807) is 38.5 Å². The number of ether oxygens (including phenoxy) is 2. The minimum absolute atomic E-state index is 0.0206. The quantitative estimate of drug-likeness (QED) is 0.737. The maximum absolute atomic E-state index is 11.8. The van der Waals surface area contributed by atoms with Crippen LogP contribution in [0.3, 0.4) is 0 Å². The normalized spacial score (nSPS) is 12.2. The molecule has 0 aliphatic heterocycles. The van der Waals surface area contributed by atoms with Crippen molar-refractivity contribution in [3.05, 3.63) is 29.8 Å². The lowest BCUT2D eigenvalue weighted by Crippen LogP contribution is -2.28. The van der Waals surface area contributed by atoms with Gasteiger partial charge in [-0.3, -0.25) is 4.79 Å². The first kappa shape index (κ1) is 12.7. The maximum Gasteiger partial charge on any atom is 0.164 e. The van der Waals surface area contributed by atoms with Gasteiger partial charge in [-0.1, -0.05) is 0 Å². The van der Waals surface area contributed by atoms with E-state index in [2.05, 4.69) is 0 Å². The number of rotatable bonds is 6. The number of carbonyl (C=O) groups is 1. The molecule has 2 N–H and O–H groups in total. The van der Waals surface area contributed by atoms with Crippen LogP contribution in [0.4, 0.5) is 0 Å². The molecule has 0 saturated heterocycles. The predicted octanol–water partition coefficient (Wildman–Crippen LogP) is 1.24. The monoisotopic (exact) mass is 223 g/mol. The molecule has 0 heterocycles. The molecule has 1 aromatic rings. The van der Waals surface area contributed by atoms with E-state index in [-0.39, 0.29) is 11.8 Å². The number of Topliss-reactive ketones (excluding diaryl/α,β-unsaturated/α-hetero) is 1. The second-order valence-corrected chi connectivity index (χ2v) is 3.57. The van der Waals surface area contributed by atoms with Crippen molar-refractivity contribution >= 4 is 5.78 Å². The first-order chi connectivity index (χ1) is 7.67. The molecule has 16 heavy (non-hydrogen) atoms. The van der Waals surface area contributed by atoms with Gasteiger partial charge in [-0.05, 0) is 24.3 Å². The molecule has 0 radical (unpaired) electrons. The lowest BCUT2D eigenvalue weighted by Gasteiger charge is -2.09. The van der Waals surface area contributed by atoms with E-state index < -0.39 is 0 Å². The molecule has 0 aliphatic rings. The molecule has 0 spiro atoms. The van der Waals surface area contributed by atoms with Crippen molar-refractivity contribution < 1.29 is 14.3 Å². The summed E-state index contributed by atoms with van der Waals surface area (Å²) in [5.74, 6) is 0.755. The molecule has 0 fully saturated rings. The van der Waals surface area contributed by atoms with Crippen LogP contribution in [0.15, 0.2) is 24.3 Å². The fourth-order valence-electron chi connectivity index (χ4n) is 1.41. The summed E-state index contributed by atoms with van der Waals surface area (Å²) < 4.78 is 9.89. The van der Waals surface area contributed by atoms with Crippen LogP contribution in [-0.2, 0) is 4.74 Å². The predicted molar refractivity (Wildman–Crippen MR) is 61.8 cm³/mol. The molecule has 1 unspecified atom stereocenters. The van der Waals surface area contributed by atoms with Crippen molar-refractivity contribution in [3.63, 3.8) is 0 Å². The van der Waals surface area contributed by atoms with Gasteiger partial charge in [0.1, 0.15) is 5.75 Å². The lowest BCUT2D eigenvalue weighted by atomic mass is 10.0. The van der Waals surface area contributed by atoms with Crippen LogP contribution in [0.5, 0.6) is 5.75 Å². The highest BCUT2D eigenvalue weighted by atomic mass is 16.5. The van der Waals surface area contributed by atoms with E-state index in [9.17, 15) is 4.79 Å². The highest BCUT2D eigenvalue weighted by Crippen LogP contribution is 2.13. The third kappa shape index (κ3) is 3.64. The van der Waals surface area contributed by atoms with Gasteiger partial charge in [-0.2, -0.15) is 0 Å². The van der Waals surface area contributed by atoms with Gasteiger partial charge >= 0.3 is 0 Å². The van der Waals surface area contributed by atoms with E-state index in [1.165, 1.54) is 0 Å². The van der Waals surface area contributed by atoms with Crippen LogP contribution in [0, 0.1) is 0 Å². The van der Waals surface area contributed by atoms with Crippen molar-refractivity contribution in [2.75, 3.05) is 20.8 Å². The van der Waals surface area contributed by atoms with Crippen molar-refractivity contribution in [1.29, 1.82) is 0 Å². The molecule has 0 amide bonds. The van der Waals surface area contributed by atoms with Gasteiger partial charge in [0, 0.05) is 25.1 Å². The molecular weight excluding hydrogens is 206 g/mol. The number of hydrogen-bond donors (Lipinski definition) is 1. The molecule has 4 nitrogen and oxygen atoms in total. The molecule has 0 bridgehead atoms. The number of benzene rings is 1. The van der Waals surface area contributed by atoms with Gasteiger partial charge in [0.05, 0.1) is 13.7 Å². The smallest absolute Gasteiger partial charge is 0.164 e. The van der Waals surface area contributed by atoms with Crippen LogP contribution >= 0.6 is 0 Å². The SMILES string of the molecule is COCC(N)CC(=O)c1ccc(OC)cc1. The Morgan fingerprint density at radius 1 is 1.31 bits per heavy atom. The Kier molecular flexibility index (Phi) is 4.95. The Morgan fingerprint density at radius 3 is 2.44 bits per heavy atom. The molecule has 1 rings (SSSR count). The minimum Gasteiger partial charge on any atom is -0.497 e. The highest BCUT2D eigenvalue weighted by molar-refractivity contribution is 5.96. The number of carbonyl (C=O) groups excluding carboxylic acids is 1. The molecule has 1 aromatic carbocycles. The summed E-state index contributed by atoms with van der Waals surface area (Å²) in [6.45, 7) is 0.391. The zero-order valence-electron chi connectivity index (χ0n) is 9.60. The topological polar surface area (TPSA) is 61.5 Å². The number of ketones is 1. The third-order valence-electron chi connectivity index (χ3n) is 2.24. The largest absolute Gasteiger partial charge is 0.497 e. The zero-order chi connectivity index (χ0) is 12.0. The van der Waals surface area contributed by atoms with Crippen LogP contribution < -0.4 is 10.5 Å². The summed E-state index contributed by atoms with van der Waals surface area (Å²) in [6.07, 6.45) is 0.292. The van der Waals surface area contributed by atoms with Gasteiger partial charge in [-0.25, -0.2) is 0 Å². The molecule has 0 aromatic heterocycles. The number of nitrogens with two attached hydrogens (primary N) is 1. The molecule has 88 valence electrons. The van der Waals surface area contributed by atoms with Crippen LogP contribution in [0.2, 0.25) is 0 Å². The summed E-state index contributed by atoms with van der Waals surface area (Å²) in [7, 11) is 3.16. The third-order valence-corrected chi connectivity index (χ3v) is 2.24. The molecule has 1 atom stereocenters. The average molecular weight is 223 g/mol.